The monoisotopic (exact) mass is 412 g/mol. The van der Waals surface area contributed by atoms with Gasteiger partial charge in [0.2, 0.25) is 5.91 Å². The molecule has 2 aromatic rings. The molecule has 2 aromatic carbocycles. The smallest absolute Gasteiger partial charge is 0.321 e. The molecule has 0 aromatic heterocycles. The van der Waals surface area contributed by atoms with Gasteiger partial charge < -0.3 is 10.6 Å². The maximum absolute atomic E-state index is 12.4. The van der Waals surface area contributed by atoms with E-state index < -0.39 is 18.0 Å². The SMILES string of the molecule is O=C(/C=C/c1ccccc1Br)Nc1ccccc1NC(=O)C(F)(F)F. The van der Waals surface area contributed by atoms with E-state index in [0.29, 0.717) is 0 Å². The Morgan fingerprint density at radius 2 is 1.48 bits per heavy atom. The molecule has 0 aliphatic carbocycles. The first kappa shape index (κ1) is 18.7. The third-order valence-electron chi connectivity index (χ3n) is 3.01. The largest absolute Gasteiger partial charge is 0.471 e. The van der Waals surface area contributed by atoms with Gasteiger partial charge in [-0.25, -0.2) is 0 Å². The van der Waals surface area contributed by atoms with Crippen molar-refractivity contribution in [3.8, 4) is 0 Å². The van der Waals surface area contributed by atoms with Gasteiger partial charge in [-0.3, -0.25) is 9.59 Å². The van der Waals surface area contributed by atoms with Crippen molar-refractivity contribution in [2.75, 3.05) is 10.6 Å². The highest BCUT2D eigenvalue weighted by molar-refractivity contribution is 9.10. The summed E-state index contributed by atoms with van der Waals surface area (Å²) in [5.74, 6) is -2.66. The van der Waals surface area contributed by atoms with Crippen LogP contribution in [0, 0.1) is 0 Å². The minimum atomic E-state index is -5.02. The third-order valence-corrected chi connectivity index (χ3v) is 3.73. The van der Waals surface area contributed by atoms with E-state index in [2.05, 4.69) is 21.2 Å². The molecule has 2 rings (SSSR count). The molecule has 0 aliphatic rings. The summed E-state index contributed by atoms with van der Waals surface area (Å²) in [7, 11) is 0. The predicted octanol–water partition coefficient (Wildman–Crippen LogP) is 4.60. The van der Waals surface area contributed by atoms with Crippen molar-refractivity contribution in [1.82, 2.24) is 0 Å². The maximum atomic E-state index is 12.4. The molecular weight excluding hydrogens is 401 g/mol. The first-order chi connectivity index (χ1) is 11.8. The van der Waals surface area contributed by atoms with Gasteiger partial charge in [0, 0.05) is 10.5 Å². The van der Waals surface area contributed by atoms with Crippen LogP contribution in [0.2, 0.25) is 0 Å². The van der Waals surface area contributed by atoms with E-state index in [-0.39, 0.29) is 11.4 Å². The lowest BCUT2D eigenvalue weighted by molar-refractivity contribution is -0.167. The fraction of sp³-hybridized carbons (Fsp3) is 0.0588. The average Bonchev–Trinajstić information content (AvgIpc) is 2.55. The van der Waals surface area contributed by atoms with Crippen LogP contribution in [0.5, 0.6) is 0 Å². The first-order valence-electron chi connectivity index (χ1n) is 6.98. The van der Waals surface area contributed by atoms with E-state index >= 15 is 0 Å². The van der Waals surface area contributed by atoms with Crippen LogP contribution < -0.4 is 10.6 Å². The Hall–Kier alpha value is -2.61. The lowest BCUT2D eigenvalue weighted by Crippen LogP contribution is -2.30. The predicted molar refractivity (Wildman–Crippen MR) is 92.9 cm³/mol. The molecule has 0 unspecified atom stereocenters. The van der Waals surface area contributed by atoms with E-state index in [1.54, 1.807) is 29.6 Å². The van der Waals surface area contributed by atoms with Gasteiger partial charge >= 0.3 is 12.1 Å². The van der Waals surface area contributed by atoms with Crippen LogP contribution in [0.4, 0.5) is 24.5 Å². The molecule has 0 atom stereocenters. The van der Waals surface area contributed by atoms with Crippen molar-refractivity contribution in [2.45, 2.75) is 6.18 Å². The van der Waals surface area contributed by atoms with Crippen molar-refractivity contribution in [1.29, 1.82) is 0 Å². The second kappa shape index (κ2) is 7.98. The van der Waals surface area contributed by atoms with Gasteiger partial charge in [-0.15, -0.1) is 0 Å². The number of anilines is 2. The molecule has 0 aliphatic heterocycles. The number of carbonyl (C=O) groups is 2. The summed E-state index contributed by atoms with van der Waals surface area (Å²) in [5, 5.41) is 4.16. The minimum Gasteiger partial charge on any atom is -0.321 e. The number of rotatable bonds is 4. The summed E-state index contributed by atoms with van der Waals surface area (Å²) in [6.07, 6.45) is -2.23. The minimum absolute atomic E-state index is 0.0573. The molecule has 0 radical (unpaired) electrons. The quantitative estimate of drug-likeness (QED) is 0.720. The fourth-order valence-corrected chi connectivity index (χ4v) is 2.26. The lowest BCUT2D eigenvalue weighted by Gasteiger charge is -2.12. The Labute approximate surface area is 149 Å². The maximum Gasteiger partial charge on any atom is 0.471 e. The zero-order chi connectivity index (χ0) is 18.4. The zero-order valence-corrected chi connectivity index (χ0v) is 14.2. The Morgan fingerprint density at radius 3 is 2.08 bits per heavy atom. The second-order valence-corrected chi connectivity index (χ2v) is 5.70. The summed E-state index contributed by atoms with van der Waals surface area (Å²) in [5.41, 5.74) is 0.672. The highest BCUT2D eigenvalue weighted by atomic mass is 79.9. The summed E-state index contributed by atoms with van der Waals surface area (Å²) >= 11 is 3.33. The van der Waals surface area contributed by atoms with Gasteiger partial charge in [-0.2, -0.15) is 13.2 Å². The number of alkyl halides is 3. The average molecular weight is 413 g/mol. The summed E-state index contributed by atoms with van der Waals surface area (Å²) < 4.78 is 37.9. The number of nitrogens with one attached hydrogen (secondary N) is 2. The van der Waals surface area contributed by atoms with Gasteiger partial charge in [-0.05, 0) is 29.8 Å². The van der Waals surface area contributed by atoms with Gasteiger partial charge in [0.05, 0.1) is 11.4 Å². The van der Waals surface area contributed by atoms with Gasteiger partial charge in [0.25, 0.3) is 0 Å². The Balaban J connectivity index is 2.11. The van der Waals surface area contributed by atoms with Crippen molar-refractivity contribution in [3.05, 3.63) is 64.6 Å². The molecule has 4 nitrogen and oxygen atoms in total. The fourth-order valence-electron chi connectivity index (χ4n) is 1.84. The Kier molecular flexibility index (Phi) is 5.97. The number of halogens is 4. The molecule has 2 amide bonds. The highest BCUT2D eigenvalue weighted by Gasteiger charge is 2.38. The molecule has 25 heavy (non-hydrogen) atoms. The molecule has 0 heterocycles. The summed E-state index contributed by atoms with van der Waals surface area (Å²) in [4.78, 5) is 23.0. The van der Waals surface area contributed by atoms with Crippen molar-refractivity contribution in [3.63, 3.8) is 0 Å². The zero-order valence-electron chi connectivity index (χ0n) is 12.6. The first-order valence-corrected chi connectivity index (χ1v) is 7.77. The third kappa shape index (κ3) is 5.46. The number of benzene rings is 2. The van der Waals surface area contributed by atoms with Crippen molar-refractivity contribution < 1.29 is 22.8 Å². The number of amides is 2. The van der Waals surface area contributed by atoms with E-state index in [1.165, 1.54) is 30.3 Å². The Morgan fingerprint density at radius 1 is 0.920 bits per heavy atom. The lowest BCUT2D eigenvalue weighted by atomic mass is 10.2. The molecular formula is C17H12BrF3N2O2. The summed E-state index contributed by atoms with van der Waals surface area (Å²) in [6.45, 7) is 0. The van der Waals surface area contributed by atoms with Gasteiger partial charge in [-0.1, -0.05) is 46.3 Å². The van der Waals surface area contributed by atoms with Gasteiger partial charge in [0.15, 0.2) is 0 Å². The van der Waals surface area contributed by atoms with E-state index in [0.717, 1.165) is 10.0 Å². The number of hydrogen-bond acceptors (Lipinski definition) is 2. The molecule has 130 valence electrons. The van der Waals surface area contributed by atoms with Crippen LogP contribution in [-0.4, -0.2) is 18.0 Å². The molecule has 0 spiro atoms. The number of hydrogen-bond donors (Lipinski definition) is 2. The second-order valence-electron chi connectivity index (χ2n) is 4.84. The van der Waals surface area contributed by atoms with E-state index in [9.17, 15) is 22.8 Å². The van der Waals surface area contributed by atoms with Crippen molar-refractivity contribution >= 4 is 45.2 Å². The summed E-state index contributed by atoms with van der Waals surface area (Å²) in [6, 6.07) is 12.8. The number of para-hydroxylation sites is 2. The molecule has 0 saturated carbocycles. The Bertz CT molecular complexity index is 820. The highest BCUT2D eigenvalue weighted by Crippen LogP contribution is 2.24. The van der Waals surface area contributed by atoms with Crippen LogP contribution in [0.25, 0.3) is 6.08 Å². The van der Waals surface area contributed by atoms with Crippen LogP contribution in [0.1, 0.15) is 5.56 Å². The van der Waals surface area contributed by atoms with Crippen LogP contribution >= 0.6 is 15.9 Å². The topological polar surface area (TPSA) is 58.2 Å². The molecule has 0 fully saturated rings. The van der Waals surface area contributed by atoms with E-state index in [4.69, 9.17) is 0 Å². The van der Waals surface area contributed by atoms with Crippen molar-refractivity contribution in [2.24, 2.45) is 0 Å². The standard InChI is InChI=1S/C17H12BrF3N2O2/c18-12-6-2-1-5-11(12)9-10-15(24)22-13-7-3-4-8-14(13)23-16(25)17(19,20)21/h1-10H,(H,22,24)(H,23,25)/b10-9+. The number of carbonyl (C=O) groups excluding carboxylic acids is 2. The van der Waals surface area contributed by atoms with Crippen LogP contribution in [-0.2, 0) is 9.59 Å². The molecule has 0 saturated heterocycles. The van der Waals surface area contributed by atoms with Gasteiger partial charge in [0.1, 0.15) is 0 Å². The molecule has 8 heteroatoms. The van der Waals surface area contributed by atoms with Crippen LogP contribution in [0.3, 0.4) is 0 Å². The molecule has 0 bridgehead atoms. The normalized spacial score (nSPS) is 11.4. The molecule has 2 N–H and O–H groups in total. The van der Waals surface area contributed by atoms with Crippen LogP contribution in [0.15, 0.2) is 59.1 Å². The van der Waals surface area contributed by atoms with E-state index in [1.807, 2.05) is 6.07 Å².